The number of rotatable bonds is 9. The van der Waals surface area contributed by atoms with Crippen molar-refractivity contribution in [2.75, 3.05) is 6.54 Å². The van der Waals surface area contributed by atoms with E-state index in [-0.39, 0.29) is 17.9 Å². The van der Waals surface area contributed by atoms with Gasteiger partial charge >= 0.3 is 0 Å². The molecule has 0 radical (unpaired) electrons. The molecule has 0 bridgehead atoms. The highest BCUT2D eigenvalue weighted by Gasteiger charge is 2.18. The van der Waals surface area contributed by atoms with Crippen molar-refractivity contribution in [3.05, 3.63) is 23.7 Å². The van der Waals surface area contributed by atoms with Crippen LogP contribution in [0, 0.1) is 6.92 Å². The van der Waals surface area contributed by atoms with Gasteiger partial charge in [-0.3, -0.25) is 9.59 Å². The van der Waals surface area contributed by atoms with E-state index in [0.717, 1.165) is 30.8 Å². The van der Waals surface area contributed by atoms with Crippen molar-refractivity contribution in [1.29, 1.82) is 0 Å². The number of nitrogens with one attached hydrogen (secondary N) is 1. The fourth-order valence-electron chi connectivity index (χ4n) is 2.28. The van der Waals surface area contributed by atoms with Crippen molar-refractivity contribution in [1.82, 2.24) is 10.2 Å². The molecule has 1 aromatic heterocycles. The number of aryl methyl sites for hydroxylation is 1. The fourth-order valence-corrected chi connectivity index (χ4v) is 2.28. The lowest BCUT2D eigenvalue weighted by Crippen LogP contribution is -2.36. The molecule has 0 atom stereocenters. The molecule has 0 aliphatic carbocycles. The van der Waals surface area contributed by atoms with Crippen molar-refractivity contribution in [2.24, 2.45) is 0 Å². The summed E-state index contributed by atoms with van der Waals surface area (Å²) in [5.41, 5.74) is 0. The van der Waals surface area contributed by atoms with Crippen molar-refractivity contribution in [3.63, 3.8) is 0 Å². The Morgan fingerprint density at radius 3 is 2.50 bits per heavy atom. The summed E-state index contributed by atoms with van der Waals surface area (Å²) >= 11 is 0. The third-order valence-electron chi connectivity index (χ3n) is 3.51. The smallest absolute Gasteiger partial charge is 0.223 e. The monoisotopic (exact) mass is 308 g/mol. The fraction of sp³-hybridized carbons (Fsp3) is 0.647. The highest BCUT2D eigenvalue weighted by molar-refractivity contribution is 5.76. The first-order valence-corrected chi connectivity index (χ1v) is 7.99. The zero-order valence-corrected chi connectivity index (χ0v) is 14.1. The molecule has 0 saturated carbocycles. The molecule has 1 heterocycles. The second kappa shape index (κ2) is 9.28. The molecule has 0 unspecified atom stereocenters. The van der Waals surface area contributed by atoms with Gasteiger partial charge in [0.15, 0.2) is 0 Å². The number of carbonyl (C=O) groups excluding carboxylic acids is 2. The molecule has 0 aromatic carbocycles. The Bertz CT molecular complexity index is 480. The van der Waals surface area contributed by atoms with E-state index >= 15 is 0 Å². The first-order chi connectivity index (χ1) is 10.4. The van der Waals surface area contributed by atoms with Crippen LogP contribution in [0.3, 0.4) is 0 Å². The Morgan fingerprint density at radius 1 is 1.23 bits per heavy atom. The maximum absolute atomic E-state index is 12.4. The molecule has 5 heteroatoms. The Hall–Kier alpha value is -1.78. The van der Waals surface area contributed by atoms with E-state index in [1.165, 1.54) is 6.92 Å². The summed E-state index contributed by atoms with van der Waals surface area (Å²) in [5, 5.41) is 2.76. The lowest BCUT2D eigenvalue weighted by atomic mass is 10.1. The molecule has 22 heavy (non-hydrogen) atoms. The molecule has 0 aliphatic rings. The van der Waals surface area contributed by atoms with Crippen LogP contribution in [-0.4, -0.2) is 29.3 Å². The minimum absolute atomic E-state index is 0.00389. The average Bonchev–Trinajstić information content (AvgIpc) is 2.84. The van der Waals surface area contributed by atoms with Crippen LogP contribution in [0.2, 0.25) is 0 Å². The lowest BCUT2D eigenvalue weighted by molar-refractivity contribution is -0.134. The van der Waals surface area contributed by atoms with Crippen LogP contribution in [0.4, 0.5) is 0 Å². The molecule has 5 nitrogen and oxygen atoms in total. The van der Waals surface area contributed by atoms with Gasteiger partial charge in [0, 0.05) is 25.9 Å². The van der Waals surface area contributed by atoms with E-state index in [9.17, 15) is 9.59 Å². The molecule has 1 aromatic rings. The number of unbranched alkanes of at least 4 members (excludes halogenated alkanes) is 2. The van der Waals surface area contributed by atoms with Crippen LogP contribution >= 0.6 is 0 Å². The third-order valence-corrected chi connectivity index (χ3v) is 3.51. The van der Waals surface area contributed by atoms with Crippen molar-refractivity contribution >= 4 is 11.8 Å². The first kappa shape index (κ1) is 18.3. The largest absolute Gasteiger partial charge is 0.464 e. The lowest BCUT2D eigenvalue weighted by Gasteiger charge is -2.26. The predicted molar refractivity (Wildman–Crippen MR) is 86.3 cm³/mol. The minimum atomic E-state index is -0.00389. The normalized spacial score (nSPS) is 10.8. The van der Waals surface area contributed by atoms with Gasteiger partial charge in [-0.2, -0.15) is 0 Å². The van der Waals surface area contributed by atoms with Gasteiger partial charge in [0.25, 0.3) is 0 Å². The number of amides is 2. The zero-order valence-electron chi connectivity index (χ0n) is 14.1. The minimum Gasteiger partial charge on any atom is -0.464 e. The van der Waals surface area contributed by atoms with Gasteiger partial charge in [-0.1, -0.05) is 6.42 Å². The molecule has 0 aliphatic heterocycles. The maximum Gasteiger partial charge on any atom is 0.223 e. The number of nitrogens with zero attached hydrogens (tertiary/aromatic N) is 1. The molecule has 124 valence electrons. The standard InChI is InChI=1S/C17H28N2O3/c1-13(2)19(12-16-10-9-14(3)22-16)17(21)8-6-5-7-11-18-15(4)20/h9-10,13H,5-8,11-12H2,1-4H3,(H,18,20). The number of carbonyl (C=O) groups is 2. The second-order valence-corrected chi connectivity index (χ2v) is 5.92. The predicted octanol–water partition coefficient (Wildman–Crippen LogP) is 3.02. The van der Waals surface area contributed by atoms with Gasteiger partial charge < -0.3 is 14.6 Å². The summed E-state index contributed by atoms with van der Waals surface area (Å²) in [4.78, 5) is 24.9. The third kappa shape index (κ3) is 6.78. The van der Waals surface area contributed by atoms with Crippen LogP contribution in [0.5, 0.6) is 0 Å². The van der Waals surface area contributed by atoms with Gasteiger partial charge in [0.1, 0.15) is 11.5 Å². The van der Waals surface area contributed by atoms with E-state index in [0.29, 0.717) is 19.5 Å². The van der Waals surface area contributed by atoms with E-state index in [2.05, 4.69) is 5.32 Å². The average molecular weight is 308 g/mol. The summed E-state index contributed by atoms with van der Waals surface area (Å²) in [6.07, 6.45) is 3.24. The van der Waals surface area contributed by atoms with Crippen LogP contribution in [0.15, 0.2) is 16.5 Å². The highest BCUT2D eigenvalue weighted by atomic mass is 16.3. The van der Waals surface area contributed by atoms with Gasteiger partial charge in [0.05, 0.1) is 6.54 Å². The van der Waals surface area contributed by atoms with E-state index in [1.54, 1.807) is 0 Å². The van der Waals surface area contributed by atoms with Gasteiger partial charge in [-0.05, 0) is 45.7 Å². The number of hydrogen-bond donors (Lipinski definition) is 1. The van der Waals surface area contributed by atoms with E-state index < -0.39 is 0 Å². The molecule has 1 N–H and O–H groups in total. The SMILES string of the molecule is CC(=O)NCCCCCC(=O)N(Cc1ccc(C)o1)C(C)C. The first-order valence-electron chi connectivity index (χ1n) is 7.99. The number of hydrogen-bond acceptors (Lipinski definition) is 3. The Balaban J connectivity index is 2.34. The van der Waals surface area contributed by atoms with Crippen LogP contribution in [0.1, 0.15) is 58.0 Å². The Morgan fingerprint density at radius 2 is 1.95 bits per heavy atom. The second-order valence-electron chi connectivity index (χ2n) is 5.92. The molecule has 0 saturated heterocycles. The van der Waals surface area contributed by atoms with Crippen molar-refractivity contribution in [2.45, 2.75) is 66.0 Å². The maximum atomic E-state index is 12.4. The quantitative estimate of drug-likeness (QED) is 0.713. The van der Waals surface area contributed by atoms with Gasteiger partial charge in [-0.25, -0.2) is 0 Å². The van der Waals surface area contributed by atoms with Crippen LogP contribution in [-0.2, 0) is 16.1 Å². The number of furan rings is 1. The summed E-state index contributed by atoms with van der Waals surface area (Å²) in [6.45, 7) is 8.66. The zero-order chi connectivity index (χ0) is 16.5. The summed E-state index contributed by atoms with van der Waals surface area (Å²) in [6, 6.07) is 3.99. The molecule has 2 amide bonds. The van der Waals surface area contributed by atoms with Gasteiger partial charge in [-0.15, -0.1) is 0 Å². The van der Waals surface area contributed by atoms with Crippen molar-refractivity contribution in [3.8, 4) is 0 Å². The van der Waals surface area contributed by atoms with Gasteiger partial charge in [0.2, 0.25) is 11.8 Å². The van der Waals surface area contributed by atoms with Crippen LogP contribution in [0.25, 0.3) is 0 Å². The topological polar surface area (TPSA) is 62.6 Å². The summed E-state index contributed by atoms with van der Waals surface area (Å²) in [7, 11) is 0. The summed E-state index contributed by atoms with van der Waals surface area (Å²) < 4.78 is 5.56. The van der Waals surface area contributed by atoms with E-state index in [1.807, 2.05) is 37.8 Å². The van der Waals surface area contributed by atoms with Crippen LogP contribution < -0.4 is 5.32 Å². The Labute approximate surface area is 133 Å². The molecule has 0 spiro atoms. The highest BCUT2D eigenvalue weighted by Crippen LogP contribution is 2.14. The molecule has 0 fully saturated rings. The Kier molecular flexibility index (Phi) is 7.71. The van der Waals surface area contributed by atoms with Crippen molar-refractivity contribution < 1.29 is 14.0 Å². The molecular weight excluding hydrogens is 280 g/mol. The molecular formula is C17H28N2O3. The van der Waals surface area contributed by atoms with E-state index in [4.69, 9.17) is 4.42 Å². The summed E-state index contributed by atoms with van der Waals surface area (Å²) in [5.74, 6) is 1.84. The molecule has 1 rings (SSSR count).